The first kappa shape index (κ1) is 22.1. The second kappa shape index (κ2) is 8.47. The first-order chi connectivity index (χ1) is 17.6. The van der Waals surface area contributed by atoms with E-state index in [-0.39, 0.29) is 18.4 Å². The smallest absolute Gasteiger partial charge is 0.271 e. The van der Waals surface area contributed by atoms with Gasteiger partial charge in [-0.25, -0.2) is 4.99 Å². The standard InChI is InChI=1S/C28H18BrClN2O3S/c29-20-13-23-22(34-14-35-23)11-16(20)12-24-27(33)32-26(18-7-3-4-8-21(18)30)19-10-9-15-5-1-2-6-17(15)25(19)31-28(32)36-24/h1-8,11-13,26H,9-10,14H2/b24-12+/t26-/m1/s1. The maximum atomic E-state index is 13.9. The Morgan fingerprint density at radius 3 is 2.69 bits per heavy atom. The molecule has 1 aromatic heterocycles. The van der Waals surface area contributed by atoms with Gasteiger partial charge in [0.2, 0.25) is 6.79 Å². The quantitative estimate of drug-likeness (QED) is 0.318. The largest absolute Gasteiger partial charge is 0.454 e. The summed E-state index contributed by atoms with van der Waals surface area (Å²) in [6.45, 7) is 0.193. The van der Waals surface area contributed by atoms with E-state index in [0.29, 0.717) is 25.9 Å². The minimum atomic E-state index is -0.305. The van der Waals surface area contributed by atoms with Crippen LogP contribution in [0.3, 0.4) is 0 Å². The molecule has 0 saturated heterocycles. The van der Waals surface area contributed by atoms with Crippen LogP contribution in [0.5, 0.6) is 11.5 Å². The molecule has 0 spiro atoms. The monoisotopic (exact) mass is 576 g/mol. The van der Waals surface area contributed by atoms with Crippen LogP contribution in [-0.2, 0) is 6.42 Å². The normalized spacial score (nSPS) is 17.9. The van der Waals surface area contributed by atoms with Gasteiger partial charge in [-0.3, -0.25) is 9.36 Å². The summed E-state index contributed by atoms with van der Waals surface area (Å²) in [6.07, 6.45) is 3.61. The number of thiazole rings is 1. The van der Waals surface area contributed by atoms with Crippen molar-refractivity contribution in [1.82, 2.24) is 4.57 Å². The van der Waals surface area contributed by atoms with Crippen LogP contribution in [0.4, 0.5) is 0 Å². The first-order valence-corrected chi connectivity index (χ1v) is 13.5. The molecule has 3 aromatic carbocycles. The molecule has 8 heteroatoms. The van der Waals surface area contributed by atoms with Gasteiger partial charge in [-0.05, 0) is 59.4 Å². The van der Waals surface area contributed by atoms with Crippen LogP contribution in [0.15, 0.2) is 80.5 Å². The number of fused-ring (bicyclic) bond motifs is 4. The Hall–Kier alpha value is -3.13. The maximum Gasteiger partial charge on any atom is 0.271 e. The van der Waals surface area contributed by atoms with Crippen LogP contribution >= 0.6 is 38.9 Å². The number of nitrogens with zero attached hydrogens (tertiary/aromatic N) is 2. The maximum absolute atomic E-state index is 13.9. The molecule has 178 valence electrons. The topological polar surface area (TPSA) is 52.8 Å². The summed E-state index contributed by atoms with van der Waals surface area (Å²) < 4.78 is 14.2. The molecule has 0 N–H and O–H groups in total. The molecule has 0 bridgehead atoms. The Labute approximate surface area is 223 Å². The third-order valence-electron chi connectivity index (χ3n) is 6.85. The number of halogens is 2. The Bertz CT molecular complexity index is 1790. The average molecular weight is 578 g/mol. The summed E-state index contributed by atoms with van der Waals surface area (Å²) in [4.78, 5) is 19.7. The number of benzene rings is 3. The molecule has 1 aliphatic carbocycles. The van der Waals surface area contributed by atoms with Gasteiger partial charge in [0.1, 0.15) is 0 Å². The molecular weight excluding hydrogens is 560 g/mol. The van der Waals surface area contributed by atoms with Crippen molar-refractivity contribution in [2.45, 2.75) is 18.9 Å². The van der Waals surface area contributed by atoms with E-state index in [1.54, 1.807) is 0 Å². The van der Waals surface area contributed by atoms with Gasteiger partial charge in [-0.1, -0.05) is 81.3 Å². The highest BCUT2D eigenvalue weighted by Gasteiger charge is 2.33. The Morgan fingerprint density at radius 2 is 1.83 bits per heavy atom. The second-order valence-corrected chi connectivity index (χ2v) is 11.1. The lowest BCUT2D eigenvalue weighted by atomic mass is 9.83. The summed E-state index contributed by atoms with van der Waals surface area (Å²) in [5.74, 6) is 1.35. The Balaban J connectivity index is 1.49. The SMILES string of the molecule is O=c1/c(=C\c2cc3c(cc2Br)OCO3)sc2n1[C@H](c1ccccc1Cl)C1=C(N=2)c2ccccc2CC1. The van der Waals surface area contributed by atoms with E-state index >= 15 is 0 Å². The summed E-state index contributed by atoms with van der Waals surface area (Å²) in [5.41, 5.74) is 6.17. The molecule has 0 radical (unpaired) electrons. The van der Waals surface area contributed by atoms with E-state index in [1.165, 1.54) is 16.9 Å². The minimum absolute atomic E-state index is 0.0846. The fraction of sp³-hybridized carbons (Fsp3) is 0.143. The number of rotatable bonds is 2. The Kier molecular flexibility index (Phi) is 5.20. The number of hydrogen-bond acceptors (Lipinski definition) is 5. The van der Waals surface area contributed by atoms with Crippen molar-refractivity contribution in [3.8, 4) is 11.5 Å². The lowest BCUT2D eigenvalue weighted by Gasteiger charge is -2.31. The number of aromatic nitrogens is 1. The summed E-state index contributed by atoms with van der Waals surface area (Å²) >= 11 is 11.7. The van der Waals surface area contributed by atoms with Crippen LogP contribution in [0, 0.1) is 0 Å². The van der Waals surface area contributed by atoms with Crippen LogP contribution in [0.2, 0.25) is 5.02 Å². The van der Waals surface area contributed by atoms with Crippen molar-refractivity contribution in [2.24, 2.45) is 4.99 Å². The van der Waals surface area contributed by atoms with Gasteiger partial charge in [-0.15, -0.1) is 0 Å². The summed E-state index contributed by atoms with van der Waals surface area (Å²) in [6, 6.07) is 19.6. The van der Waals surface area contributed by atoms with E-state index in [9.17, 15) is 4.79 Å². The number of aryl methyl sites for hydroxylation is 1. The van der Waals surface area contributed by atoms with E-state index in [0.717, 1.165) is 45.3 Å². The average Bonchev–Trinajstić information content (AvgIpc) is 3.47. The fourth-order valence-corrected chi connectivity index (χ4v) is 6.85. The molecular formula is C28H18BrClN2O3S. The minimum Gasteiger partial charge on any atom is -0.454 e. The highest BCUT2D eigenvalue weighted by atomic mass is 79.9. The molecule has 0 saturated carbocycles. The number of hydrogen-bond donors (Lipinski definition) is 0. The predicted octanol–water partition coefficient (Wildman–Crippen LogP) is 5.46. The van der Waals surface area contributed by atoms with E-state index in [2.05, 4.69) is 34.1 Å². The zero-order valence-electron chi connectivity index (χ0n) is 18.8. The van der Waals surface area contributed by atoms with Gasteiger partial charge in [0.25, 0.3) is 5.56 Å². The van der Waals surface area contributed by atoms with Crippen molar-refractivity contribution in [1.29, 1.82) is 0 Å². The summed E-state index contributed by atoms with van der Waals surface area (Å²) in [5, 5.41) is 0.642. The Morgan fingerprint density at radius 1 is 1.06 bits per heavy atom. The second-order valence-electron chi connectivity index (χ2n) is 8.86. The van der Waals surface area contributed by atoms with Crippen molar-refractivity contribution in [2.75, 3.05) is 6.79 Å². The highest BCUT2D eigenvalue weighted by Crippen LogP contribution is 2.43. The van der Waals surface area contributed by atoms with Gasteiger partial charge < -0.3 is 9.47 Å². The molecule has 36 heavy (non-hydrogen) atoms. The molecule has 1 atom stereocenters. The molecule has 5 nitrogen and oxygen atoms in total. The van der Waals surface area contributed by atoms with Gasteiger partial charge in [0.05, 0.1) is 16.3 Å². The summed E-state index contributed by atoms with van der Waals surface area (Å²) in [7, 11) is 0. The molecule has 3 heterocycles. The zero-order chi connectivity index (χ0) is 24.4. The van der Waals surface area contributed by atoms with E-state index in [1.807, 2.05) is 53.1 Å². The highest BCUT2D eigenvalue weighted by molar-refractivity contribution is 9.10. The number of ether oxygens (including phenoxy) is 2. The number of allylic oxidation sites excluding steroid dienone is 1. The van der Waals surface area contributed by atoms with Crippen LogP contribution in [0.25, 0.3) is 11.8 Å². The molecule has 0 amide bonds. The fourth-order valence-electron chi connectivity index (χ4n) is 5.18. The van der Waals surface area contributed by atoms with Crippen LogP contribution in [0.1, 0.15) is 34.7 Å². The molecule has 0 fully saturated rings. The molecule has 2 aliphatic heterocycles. The lowest BCUT2D eigenvalue weighted by Crippen LogP contribution is -2.38. The molecule has 4 aromatic rings. The third-order valence-corrected chi connectivity index (χ3v) is 8.87. The van der Waals surface area contributed by atoms with E-state index in [4.69, 9.17) is 26.1 Å². The van der Waals surface area contributed by atoms with Crippen LogP contribution in [-0.4, -0.2) is 11.4 Å². The zero-order valence-corrected chi connectivity index (χ0v) is 22.0. The van der Waals surface area contributed by atoms with Crippen molar-refractivity contribution < 1.29 is 9.47 Å². The third kappa shape index (κ3) is 3.41. The lowest BCUT2D eigenvalue weighted by molar-refractivity contribution is 0.174. The molecule has 7 rings (SSSR count). The van der Waals surface area contributed by atoms with E-state index < -0.39 is 0 Å². The molecule has 0 unspecified atom stereocenters. The van der Waals surface area contributed by atoms with Crippen molar-refractivity contribution in [3.63, 3.8) is 0 Å². The van der Waals surface area contributed by atoms with Crippen LogP contribution < -0.4 is 24.4 Å². The molecule has 3 aliphatic rings. The van der Waals surface area contributed by atoms with Gasteiger partial charge in [0, 0.05) is 15.1 Å². The van der Waals surface area contributed by atoms with Crippen molar-refractivity contribution in [3.05, 3.63) is 118 Å². The first-order valence-electron chi connectivity index (χ1n) is 11.5. The predicted molar refractivity (Wildman–Crippen MR) is 144 cm³/mol. The van der Waals surface area contributed by atoms with Gasteiger partial charge >= 0.3 is 0 Å². The van der Waals surface area contributed by atoms with Crippen molar-refractivity contribution >= 4 is 50.6 Å². The van der Waals surface area contributed by atoms with Gasteiger partial charge in [-0.2, -0.15) is 0 Å². The van der Waals surface area contributed by atoms with Gasteiger partial charge in [0.15, 0.2) is 16.3 Å².